The summed E-state index contributed by atoms with van der Waals surface area (Å²) < 4.78 is 5.33. The van der Waals surface area contributed by atoms with Gasteiger partial charge in [-0.2, -0.15) is 0 Å². The molecule has 6 heteroatoms. The Hall–Kier alpha value is -1.69. The smallest absolute Gasteiger partial charge is 0.407 e. The van der Waals surface area contributed by atoms with E-state index in [1.165, 1.54) is 0 Å². The number of hydrogen-bond acceptors (Lipinski definition) is 5. The van der Waals surface area contributed by atoms with Crippen LogP contribution in [0.1, 0.15) is 52.3 Å². The summed E-state index contributed by atoms with van der Waals surface area (Å²) in [7, 11) is 0. The largest absolute Gasteiger partial charge is 0.444 e. The Balaban J connectivity index is 1.90. The molecule has 22 heavy (non-hydrogen) atoms. The average molecular weight is 306 g/mol. The number of rotatable bonds is 3. The fourth-order valence-electron chi connectivity index (χ4n) is 2.66. The number of carbonyl (C=O) groups excluding carboxylic acids is 1. The highest BCUT2D eigenvalue weighted by molar-refractivity contribution is 5.68. The monoisotopic (exact) mass is 306 g/mol. The molecule has 0 radical (unpaired) electrons. The van der Waals surface area contributed by atoms with Crippen molar-refractivity contribution >= 4 is 6.09 Å². The van der Waals surface area contributed by atoms with Gasteiger partial charge < -0.3 is 10.1 Å². The molecular weight excluding hydrogens is 280 g/mol. The molecule has 1 aliphatic rings. The van der Waals surface area contributed by atoms with Crippen LogP contribution < -0.4 is 5.32 Å². The first-order valence-corrected chi connectivity index (χ1v) is 7.84. The molecule has 0 spiro atoms. The van der Waals surface area contributed by atoms with Crippen LogP contribution in [0.15, 0.2) is 18.6 Å². The first kappa shape index (κ1) is 16.7. The second kappa shape index (κ2) is 7.05. The summed E-state index contributed by atoms with van der Waals surface area (Å²) in [5.41, 5.74) is 0.492. The zero-order valence-corrected chi connectivity index (χ0v) is 13.9. The highest BCUT2D eigenvalue weighted by atomic mass is 16.6. The van der Waals surface area contributed by atoms with Gasteiger partial charge in [-0.1, -0.05) is 0 Å². The molecule has 2 heterocycles. The van der Waals surface area contributed by atoms with Crippen molar-refractivity contribution in [3.8, 4) is 0 Å². The summed E-state index contributed by atoms with van der Waals surface area (Å²) in [5.74, 6) is 0. The normalized spacial score (nSPS) is 21.2. The lowest BCUT2D eigenvalue weighted by atomic mass is 10.0. The molecule has 2 atom stereocenters. The summed E-state index contributed by atoms with van der Waals surface area (Å²) in [6.07, 6.45) is 6.88. The van der Waals surface area contributed by atoms with Crippen LogP contribution in [0.25, 0.3) is 0 Å². The lowest BCUT2D eigenvalue weighted by Crippen LogP contribution is -2.49. The number of alkyl carbamates (subject to hydrolysis) is 1. The van der Waals surface area contributed by atoms with Crippen molar-refractivity contribution in [3.63, 3.8) is 0 Å². The van der Waals surface area contributed by atoms with Crippen molar-refractivity contribution in [3.05, 3.63) is 24.3 Å². The van der Waals surface area contributed by atoms with Crippen LogP contribution in [0.4, 0.5) is 4.79 Å². The first-order valence-electron chi connectivity index (χ1n) is 7.84. The Morgan fingerprint density at radius 2 is 2.23 bits per heavy atom. The van der Waals surface area contributed by atoms with Gasteiger partial charge in [-0.05, 0) is 47.1 Å². The minimum absolute atomic E-state index is 0.114. The third-order valence-corrected chi connectivity index (χ3v) is 3.73. The molecule has 0 unspecified atom stereocenters. The predicted octanol–water partition coefficient (Wildman–Crippen LogP) is 2.53. The molecule has 0 aromatic carbocycles. The van der Waals surface area contributed by atoms with Crippen LogP contribution in [-0.2, 0) is 4.74 Å². The van der Waals surface area contributed by atoms with E-state index in [4.69, 9.17) is 4.74 Å². The number of nitrogens with one attached hydrogen (secondary N) is 1. The third kappa shape index (κ3) is 4.94. The van der Waals surface area contributed by atoms with Crippen molar-refractivity contribution in [2.75, 3.05) is 13.1 Å². The molecule has 1 aromatic rings. The van der Waals surface area contributed by atoms with Gasteiger partial charge in [0.1, 0.15) is 5.60 Å². The molecule has 1 amide bonds. The van der Waals surface area contributed by atoms with Crippen molar-refractivity contribution < 1.29 is 9.53 Å². The van der Waals surface area contributed by atoms with E-state index in [0.29, 0.717) is 0 Å². The van der Waals surface area contributed by atoms with Gasteiger partial charge >= 0.3 is 6.09 Å². The zero-order chi connectivity index (χ0) is 16.2. The van der Waals surface area contributed by atoms with Crippen molar-refractivity contribution in [2.24, 2.45) is 0 Å². The SMILES string of the molecule is C[C@@H](c1cnccn1)N1CCC[C@@H](NC(=O)OC(C)(C)C)C1. The molecule has 0 bridgehead atoms. The summed E-state index contributed by atoms with van der Waals surface area (Å²) in [5, 5.41) is 2.97. The molecule has 0 aliphatic carbocycles. The van der Waals surface area contributed by atoms with E-state index in [1.807, 2.05) is 20.8 Å². The molecule has 2 rings (SSSR count). The van der Waals surface area contributed by atoms with Crippen LogP contribution in [0.5, 0.6) is 0 Å². The first-order chi connectivity index (χ1) is 10.3. The van der Waals surface area contributed by atoms with E-state index in [2.05, 4.69) is 27.1 Å². The molecule has 6 nitrogen and oxygen atoms in total. The lowest BCUT2D eigenvalue weighted by molar-refractivity contribution is 0.0457. The Morgan fingerprint density at radius 1 is 1.45 bits per heavy atom. The van der Waals surface area contributed by atoms with Gasteiger partial charge in [0, 0.05) is 31.2 Å². The highest BCUT2D eigenvalue weighted by Crippen LogP contribution is 2.22. The molecular formula is C16H26N4O2. The Morgan fingerprint density at radius 3 is 2.86 bits per heavy atom. The molecule has 1 aromatic heterocycles. The third-order valence-electron chi connectivity index (χ3n) is 3.73. The van der Waals surface area contributed by atoms with E-state index >= 15 is 0 Å². The maximum absolute atomic E-state index is 11.9. The second-order valence-electron chi connectivity index (χ2n) is 6.79. The number of amides is 1. The van der Waals surface area contributed by atoms with Gasteiger partial charge in [-0.25, -0.2) is 4.79 Å². The lowest BCUT2D eigenvalue weighted by Gasteiger charge is -2.36. The highest BCUT2D eigenvalue weighted by Gasteiger charge is 2.27. The Labute approximate surface area is 132 Å². The van der Waals surface area contributed by atoms with E-state index in [1.54, 1.807) is 18.6 Å². The number of ether oxygens (including phenoxy) is 1. The number of likely N-dealkylation sites (tertiary alicyclic amines) is 1. The summed E-state index contributed by atoms with van der Waals surface area (Å²) >= 11 is 0. The topological polar surface area (TPSA) is 67.4 Å². The fraction of sp³-hybridized carbons (Fsp3) is 0.688. The second-order valence-corrected chi connectivity index (χ2v) is 6.79. The zero-order valence-electron chi connectivity index (χ0n) is 13.9. The van der Waals surface area contributed by atoms with Gasteiger partial charge in [-0.3, -0.25) is 14.9 Å². The van der Waals surface area contributed by atoms with Crippen molar-refractivity contribution in [2.45, 2.75) is 58.2 Å². The molecule has 0 saturated carbocycles. The minimum Gasteiger partial charge on any atom is -0.444 e. The maximum Gasteiger partial charge on any atom is 0.407 e. The maximum atomic E-state index is 11.9. The van der Waals surface area contributed by atoms with Crippen LogP contribution in [0, 0.1) is 0 Å². The van der Waals surface area contributed by atoms with Crippen LogP contribution in [-0.4, -0.2) is 45.7 Å². The quantitative estimate of drug-likeness (QED) is 0.929. The van der Waals surface area contributed by atoms with Gasteiger partial charge in [-0.15, -0.1) is 0 Å². The molecule has 1 N–H and O–H groups in total. The molecule has 122 valence electrons. The number of piperidine rings is 1. The fourth-order valence-corrected chi connectivity index (χ4v) is 2.66. The number of nitrogens with zero attached hydrogens (tertiary/aromatic N) is 3. The summed E-state index contributed by atoms with van der Waals surface area (Å²) in [6, 6.07) is 0.305. The molecule has 1 saturated heterocycles. The van der Waals surface area contributed by atoms with Crippen LogP contribution in [0.3, 0.4) is 0 Å². The van der Waals surface area contributed by atoms with E-state index < -0.39 is 5.60 Å². The van der Waals surface area contributed by atoms with Gasteiger partial charge in [0.25, 0.3) is 0 Å². The standard InChI is InChI=1S/C16H26N4O2/c1-12(14-10-17-7-8-18-14)20-9-5-6-13(11-20)19-15(21)22-16(2,3)4/h7-8,10,12-13H,5-6,9,11H2,1-4H3,(H,19,21)/t12-,13+/m0/s1. The molecule has 1 aliphatic heterocycles. The van der Waals surface area contributed by atoms with Crippen molar-refractivity contribution in [1.29, 1.82) is 0 Å². The van der Waals surface area contributed by atoms with Gasteiger partial charge in [0.2, 0.25) is 0 Å². The summed E-state index contributed by atoms with van der Waals surface area (Å²) in [6.45, 7) is 9.54. The van der Waals surface area contributed by atoms with E-state index in [-0.39, 0.29) is 18.2 Å². The minimum atomic E-state index is -0.467. The average Bonchev–Trinajstić information content (AvgIpc) is 2.45. The van der Waals surface area contributed by atoms with E-state index in [0.717, 1.165) is 31.6 Å². The number of carbonyl (C=O) groups is 1. The van der Waals surface area contributed by atoms with E-state index in [9.17, 15) is 4.79 Å². The summed E-state index contributed by atoms with van der Waals surface area (Å²) in [4.78, 5) is 22.7. The Kier molecular flexibility index (Phi) is 5.34. The van der Waals surface area contributed by atoms with Crippen molar-refractivity contribution in [1.82, 2.24) is 20.2 Å². The van der Waals surface area contributed by atoms with Gasteiger partial charge in [0.15, 0.2) is 0 Å². The Bertz CT molecular complexity index is 487. The van der Waals surface area contributed by atoms with Gasteiger partial charge in [0.05, 0.1) is 11.7 Å². The predicted molar refractivity (Wildman–Crippen MR) is 84.4 cm³/mol. The number of hydrogen-bond donors (Lipinski definition) is 1. The number of aromatic nitrogens is 2. The molecule has 1 fully saturated rings. The van der Waals surface area contributed by atoms with Crippen LogP contribution in [0.2, 0.25) is 0 Å². The van der Waals surface area contributed by atoms with Crippen LogP contribution >= 0.6 is 0 Å².